The van der Waals surface area contributed by atoms with Gasteiger partial charge >= 0.3 is 0 Å². The Kier molecular flexibility index (Phi) is 5.39. The topological polar surface area (TPSA) is 49.4 Å². The highest BCUT2D eigenvalue weighted by Crippen LogP contribution is 2.30. The number of amides is 2. The van der Waals surface area contributed by atoms with E-state index in [9.17, 15) is 9.59 Å². The summed E-state index contributed by atoms with van der Waals surface area (Å²) >= 11 is 6.20. The third-order valence-electron chi connectivity index (χ3n) is 4.34. The molecule has 2 aromatic carbocycles. The third kappa shape index (κ3) is 4.40. The average Bonchev–Trinajstić information content (AvgIpc) is 3.46. The van der Waals surface area contributed by atoms with Gasteiger partial charge in [0, 0.05) is 35.3 Å². The van der Waals surface area contributed by atoms with Gasteiger partial charge in [-0.25, -0.2) is 0 Å². The van der Waals surface area contributed by atoms with Crippen LogP contribution in [0.15, 0.2) is 48.5 Å². The van der Waals surface area contributed by atoms with Crippen LogP contribution >= 0.6 is 11.6 Å². The number of carbonyl (C=O) groups excluding carboxylic acids is 2. The van der Waals surface area contributed by atoms with Crippen molar-refractivity contribution in [1.82, 2.24) is 4.90 Å². The summed E-state index contributed by atoms with van der Waals surface area (Å²) in [6, 6.07) is 14.6. The van der Waals surface area contributed by atoms with Crippen molar-refractivity contribution < 1.29 is 9.59 Å². The van der Waals surface area contributed by atoms with E-state index in [4.69, 9.17) is 11.6 Å². The molecule has 2 amide bonds. The van der Waals surface area contributed by atoms with Crippen LogP contribution in [-0.2, 0) is 11.3 Å². The smallest absolute Gasteiger partial charge is 0.254 e. The molecule has 1 fully saturated rings. The maximum atomic E-state index is 12.7. The third-order valence-corrected chi connectivity index (χ3v) is 4.70. The van der Waals surface area contributed by atoms with E-state index in [1.807, 2.05) is 31.2 Å². The van der Waals surface area contributed by atoms with E-state index >= 15 is 0 Å². The first-order chi connectivity index (χ1) is 12.1. The SMILES string of the molecule is CCN(Cc1ccccc1Cl)C(=O)c1ccc(NC(=O)C2CC2)cc1. The van der Waals surface area contributed by atoms with Crippen LogP contribution in [0.2, 0.25) is 5.02 Å². The zero-order valence-corrected chi connectivity index (χ0v) is 14.9. The highest BCUT2D eigenvalue weighted by Gasteiger charge is 2.29. The van der Waals surface area contributed by atoms with Gasteiger partial charge in [0.1, 0.15) is 0 Å². The standard InChI is InChI=1S/C20H21ClN2O2/c1-2-23(13-16-5-3-4-6-18(16)21)20(25)15-9-11-17(12-10-15)22-19(24)14-7-8-14/h3-6,9-12,14H,2,7-8,13H2,1H3,(H,22,24). The fourth-order valence-electron chi connectivity index (χ4n) is 2.63. The lowest BCUT2D eigenvalue weighted by Gasteiger charge is -2.22. The molecular formula is C20H21ClN2O2. The van der Waals surface area contributed by atoms with Crippen LogP contribution in [0.25, 0.3) is 0 Å². The van der Waals surface area contributed by atoms with Crippen LogP contribution in [-0.4, -0.2) is 23.3 Å². The summed E-state index contributed by atoms with van der Waals surface area (Å²) < 4.78 is 0. The maximum Gasteiger partial charge on any atom is 0.254 e. The van der Waals surface area contributed by atoms with Crippen molar-refractivity contribution in [2.45, 2.75) is 26.3 Å². The van der Waals surface area contributed by atoms with E-state index in [-0.39, 0.29) is 17.7 Å². The highest BCUT2D eigenvalue weighted by molar-refractivity contribution is 6.31. The molecule has 0 saturated heterocycles. The van der Waals surface area contributed by atoms with E-state index in [0.29, 0.717) is 23.7 Å². The molecule has 0 atom stereocenters. The summed E-state index contributed by atoms with van der Waals surface area (Å²) in [5.41, 5.74) is 2.24. The first kappa shape index (κ1) is 17.5. The summed E-state index contributed by atoms with van der Waals surface area (Å²) in [6.07, 6.45) is 1.94. The van der Waals surface area contributed by atoms with Crippen molar-refractivity contribution in [1.29, 1.82) is 0 Å². The van der Waals surface area contributed by atoms with Gasteiger partial charge in [-0.05, 0) is 55.7 Å². The molecule has 1 aliphatic rings. The molecule has 3 rings (SSSR count). The number of nitrogens with zero attached hydrogens (tertiary/aromatic N) is 1. The summed E-state index contributed by atoms with van der Waals surface area (Å²) in [6.45, 7) is 3.00. The number of carbonyl (C=O) groups is 2. The van der Waals surface area contributed by atoms with Gasteiger partial charge in [0.25, 0.3) is 5.91 Å². The van der Waals surface area contributed by atoms with Gasteiger partial charge in [0.2, 0.25) is 5.91 Å². The Hall–Kier alpha value is -2.33. The van der Waals surface area contributed by atoms with Crippen LogP contribution in [0, 0.1) is 5.92 Å². The molecule has 0 radical (unpaired) electrons. The summed E-state index contributed by atoms with van der Waals surface area (Å²) in [5.74, 6) is 0.169. The Morgan fingerprint density at radius 2 is 1.80 bits per heavy atom. The number of nitrogens with one attached hydrogen (secondary N) is 1. The Morgan fingerprint density at radius 1 is 1.12 bits per heavy atom. The van der Waals surface area contributed by atoms with Crippen molar-refractivity contribution in [3.8, 4) is 0 Å². The molecular weight excluding hydrogens is 336 g/mol. The van der Waals surface area contributed by atoms with Crippen molar-refractivity contribution in [2.24, 2.45) is 5.92 Å². The minimum Gasteiger partial charge on any atom is -0.335 e. The molecule has 0 aliphatic heterocycles. The van der Waals surface area contributed by atoms with Crippen molar-refractivity contribution >= 4 is 29.1 Å². The first-order valence-electron chi connectivity index (χ1n) is 8.52. The Labute approximate surface area is 152 Å². The summed E-state index contributed by atoms with van der Waals surface area (Å²) in [7, 11) is 0. The first-order valence-corrected chi connectivity index (χ1v) is 8.90. The molecule has 0 unspecified atom stereocenters. The minimum atomic E-state index is -0.0533. The summed E-state index contributed by atoms with van der Waals surface area (Å²) in [4.78, 5) is 26.3. The average molecular weight is 357 g/mol. The molecule has 1 saturated carbocycles. The normalized spacial score (nSPS) is 13.4. The Morgan fingerprint density at radius 3 is 2.40 bits per heavy atom. The van der Waals surface area contributed by atoms with Crippen LogP contribution in [0.1, 0.15) is 35.7 Å². The van der Waals surface area contributed by atoms with E-state index in [0.717, 1.165) is 24.1 Å². The number of rotatable bonds is 6. The number of benzene rings is 2. The van der Waals surface area contributed by atoms with E-state index < -0.39 is 0 Å². The second kappa shape index (κ2) is 7.70. The van der Waals surface area contributed by atoms with Crippen LogP contribution < -0.4 is 5.32 Å². The maximum absolute atomic E-state index is 12.7. The molecule has 4 nitrogen and oxygen atoms in total. The lowest BCUT2D eigenvalue weighted by molar-refractivity contribution is -0.117. The predicted octanol–water partition coefficient (Wildman–Crippen LogP) is 4.35. The molecule has 0 spiro atoms. The second-order valence-corrected chi connectivity index (χ2v) is 6.66. The number of anilines is 1. The molecule has 1 aliphatic carbocycles. The van der Waals surface area contributed by atoms with Gasteiger partial charge in [0.05, 0.1) is 0 Å². The van der Waals surface area contributed by atoms with Gasteiger partial charge in [-0.3, -0.25) is 9.59 Å². The van der Waals surface area contributed by atoms with Gasteiger partial charge < -0.3 is 10.2 Å². The van der Waals surface area contributed by atoms with Crippen molar-refractivity contribution in [3.05, 3.63) is 64.7 Å². The van der Waals surface area contributed by atoms with Gasteiger partial charge in [0.15, 0.2) is 0 Å². The van der Waals surface area contributed by atoms with Crippen LogP contribution in [0.5, 0.6) is 0 Å². The molecule has 1 N–H and O–H groups in total. The monoisotopic (exact) mass is 356 g/mol. The minimum absolute atomic E-state index is 0.0533. The summed E-state index contributed by atoms with van der Waals surface area (Å²) in [5, 5.41) is 3.54. The van der Waals surface area contributed by atoms with Crippen molar-refractivity contribution in [3.63, 3.8) is 0 Å². The largest absolute Gasteiger partial charge is 0.335 e. The number of halogens is 1. The van der Waals surface area contributed by atoms with E-state index in [2.05, 4.69) is 5.32 Å². The zero-order valence-electron chi connectivity index (χ0n) is 14.2. The zero-order chi connectivity index (χ0) is 17.8. The highest BCUT2D eigenvalue weighted by atomic mass is 35.5. The Balaban J connectivity index is 1.67. The molecule has 0 aromatic heterocycles. The molecule has 130 valence electrons. The van der Waals surface area contributed by atoms with E-state index in [1.165, 1.54) is 0 Å². The predicted molar refractivity (Wildman–Crippen MR) is 99.7 cm³/mol. The molecule has 5 heteroatoms. The second-order valence-electron chi connectivity index (χ2n) is 6.25. The molecule has 0 heterocycles. The quantitative estimate of drug-likeness (QED) is 0.836. The fourth-order valence-corrected chi connectivity index (χ4v) is 2.82. The number of hydrogen-bond acceptors (Lipinski definition) is 2. The number of hydrogen-bond donors (Lipinski definition) is 1. The van der Waals surface area contributed by atoms with Crippen LogP contribution in [0.3, 0.4) is 0 Å². The van der Waals surface area contributed by atoms with Crippen molar-refractivity contribution in [2.75, 3.05) is 11.9 Å². The molecule has 0 bridgehead atoms. The molecule has 2 aromatic rings. The Bertz CT molecular complexity index is 770. The lowest BCUT2D eigenvalue weighted by Crippen LogP contribution is -2.30. The fraction of sp³-hybridized carbons (Fsp3) is 0.300. The van der Waals surface area contributed by atoms with Crippen LogP contribution in [0.4, 0.5) is 5.69 Å². The van der Waals surface area contributed by atoms with Gasteiger partial charge in [-0.1, -0.05) is 29.8 Å². The lowest BCUT2D eigenvalue weighted by atomic mass is 10.1. The van der Waals surface area contributed by atoms with Gasteiger partial charge in [-0.2, -0.15) is 0 Å². The van der Waals surface area contributed by atoms with Gasteiger partial charge in [-0.15, -0.1) is 0 Å². The molecule has 25 heavy (non-hydrogen) atoms. The van der Waals surface area contributed by atoms with E-state index in [1.54, 1.807) is 29.2 Å².